The zero-order valence-corrected chi connectivity index (χ0v) is 12.9. The van der Waals surface area contributed by atoms with Crippen molar-refractivity contribution in [2.45, 2.75) is 0 Å². The molecule has 1 heterocycles. The number of nitrogens with one attached hydrogen (secondary N) is 1. The molecule has 2 aromatic rings. The number of fused-ring (bicyclic) bond motifs is 1. The van der Waals surface area contributed by atoms with Crippen LogP contribution in [0.1, 0.15) is 5.56 Å². The van der Waals surface area contributed by atoms with Gasteiger partial charge >= 0.3 is 0 Å². The van der Waals surface area contributed by atoms with Crippen LogP contribution in [-0.2, 0) is 9.59 Å². The van der Waals surface area contributed by atoms with Gasteiger partial charge in [-0.25, -0.2) is 0 Å². The van der Waals surface area contributed by atoms with Crippen LogP contribution < -0.4 is 10.1 Å². The minimum Gasteiger partial charge on any atom is -0.497 e. The van der Waals surface area contributed by atoms with Crippen molar-refractivity contribution in [1.82, 2.24) is 10.2 Å². The summed E-state index contributed by atoms with van der Waals surface area (Å²) in [5, 5.41) is 4.87. The molecule has 1 saturated heterocycles. The molecule has 1 N–H and O–H groups in total. The summed E-state index contributed by atoms with van der Waals surface area (Å²) in [6.45, 7) is 1.18. The third-order valence-electron chi connectivity index (χ3n) is 3.84. The minimum absolute atomic E-state index is 0.113. The number of carbonyl (C=O) groups excluding carboxylic acids is 2. The fraction of sp³-hybridized carbons (Fsp3) is 0.222. The molecule has 1 fully saturated rings. The third-order valence-corrected chi connectivity index (χ3v) is 3.84. The molecule has 0 aliphatic carbocycles. The Hall–Kier alpha value is -2.82. The van der Waals surface area contributed by atoms with Gasteiger partial charge in [0.25, 0.3) is 0 Å². The van der Waals surface area contributed by atoms with Crippen molar-refractivity contribution >= 4 is 28.7 Å². The Kier molecular flexibility index (Phi) is 4.28. The van der Waals surface area contributed by atoms with Crippen molar-refractivity contribution in [3.63, 3.8) is 0 Å². The van der Waals surface area contributed by atoms with Gasteiger partial charge in [-0.15, -0.1) is 0 Å². The highest BCUT2D eigenvalue weighted by molar-refractivity contribution is 5.95. The average Bonchev–Trinajstić information content (AvgIpc) is 2.59. The Bertz CT molecular complexity index is 783. The van der Waals surface area contributed by atoms with Gasteiger partial charge < -0.3 is 15.0 Å². The quantitative estimate of drug-likeness (QED) is 0.880. The van der Waals surface area contributed by atoms with Gasteiger partial charge in [0.2, 0.25) is 11.8 Å². The van der Waals surface area contributed by atoms with Crippen LogP contribution in [0.5, 0.6) is 5.75 Å². The Morgan fingerprint density at radius 2 is 2.00 bits per heavy atom. The Labute approximate surface area is 134 Å². The molecule has 2 aromatic carbocycles. The summed E-state index contributed by atoms with van der Waals surface area (Å²) in [5.41, 5.74) is 0.942. The lowest BCUT2D eigenvalue weighted by Gasteiger charge is -2.25. The predicted molar refractivity (Wildman–Crippen MR) is 89.1 cm³/mol. The zero-order valence-electron chi connectivity index (χ0n) is 12.9. The summed E-state index contributed by atoms with van der Waals surface area (Å²) < 4.78 is 5.21. The Morgan fingerprint density at radius 3 is 2.78 bits per heavy atom. The molecule has 0 saturated carbocycles. The fourth-order valence-corrected chi connectivity index (χ4v) is 2.57. The molecule has 1 aliphatic rings. The standard InChI is InChI=1S/C18H18N2O3/c1-23-16-6-5-14-10-13(2-4-15(14)11-16)3-7-18(22)20-9-8-19-17(21)12-20/h2-7,10-11H,8-9,12H2,1H3,(H,19,21)/b7-3+. The van der Waals surface area contributed by atoms with Crippen LogP contribution in [0.3, 0.4) is 0 Å². The van der Waals surface area contributed by atoms with Gasteiger partial charge in [0.05, 0.1) is 13.7 Å². The first-order chi connectivity index (χ1) is 11.2. The van der Waals surface area contributed by atoms with Crippen LogP contribution >= 0.6 is 0 Å². The largest absolute Gasteiger partial charge is 0.497 e. The highest BCUT2D eigenvalue weighted by Gasteiger charge is 2.18. The number of piperazine rings is 1. The van der Waals surface area contributed by atoms with E-state index in [-0.39, 0.29) is 18.4 Å². The maximum atomic E-state index is 12.1. The first kappa shape index (κ1) is 15.1. The van der Waals surface area contributed by atoms with Gasteiger partial charge in [-0.2, -0.15) is 0 Å². The smallest absolute Gasteiger partial charge is 0.247 e. The van der Waals surface area contributed by atoms with E-state index in [0.29, 0.717) is 13.1 Å². The summed E-state index contributed by atoms with van der Waals surface area (Å²) in [4.78, 5) is 25.0. The maximum absolute atomic E-state index is 12.1. The number of hydrogen-bond donors (Lipinski definition) is 1. The molecule has 5 heteroatoms. The Balaban J connectivity index is 1.75. The highest BCUT2D eigenvalue weighted by Crippen LogP contribution is 2.22. The fourth-order valence-electron chi connectivity index (χ4n) is 2.57. The van der Waals surface area contributed by atoms with E-state index in [1.807, 2.05) is 36.4 Å². The van der Waals surface area contributed by atoms with Crippen molar-refractivity contribution in [3.05, 3.63) is 48.0 Å². The molecule has 3 rings (SSSR count). The summed E-state index contributed by atoms with van der Waals surface area (Å²) >= 11 is 0. The van der Waals surface area contributed by atoms with Crippen molar-refractivity contribution in [3.8, 4) is 5.75 Å². The van der Waals surface area contributed by atoms with Gasteiger partial charge in [0.1, 0.15) is 5.75 Å². The van der Waals surface area contributed by atoms with Crippen LogP contribution in [0.4, 0.5) is 0 Å². The molecular weight excluding hydrogens is 292 g/mol. The van der Waals surface area contributed by atoms with Gasteiger partial charge in [-0.3, -0.25) is 9.59 Å². The third kappa shape index (κ3) is 3.51. The first-order valence-corrected chi connectivity index (χ1v) is 7.47. The summed E-state index contributed by atoms with van der Waals surface area (Å²) in [7, 11) is 1.64. The second-order valence-corrected chi connectivity index (χ2v) is 5.42. The van der Waals surface area contributed by atoms with E-state index in [9.17, 15) is 9.59 Å². The zero-order chi connectivity index (χ0) is 16.2. The number of hydrogen-bond acceptors (Lipinski definition) is 3. The van der Waals surface area contributed by atoms with Crippen LogP contribution in [0, 0.1) is 0 Å². The normalized spacial score (nSPS) is 15.0. The summed E-state index contributed by atoms with van der Waals surface area (Å²) in [6.07, 6.45) is 3.29. The maximum Gasteiger partial charge on any atom is 0.247 e. The molecule has 5 nitrogen and oxygen atoms in total. The highest BCUT2D eigenvalue weighted by atomic mass is 16.5. The van der Waals surface area contributed by atoms with E-state index in [2.05, 4.69) is 5.32 Å². The van der Waals surface area contributed by atoms with Crippen molar-refractivity contribution in [1.29, 1.82) is 0 Å². The lowest BCUT2D eigenvalue weighted by atomic mass is 10.1. The van der Waals surface area contributed by atoms with E-state index < -0.39 is 0 Å². The van der Waals surface area contributed by atoms with E-state index in [0.717, 1.165) is 22.1 Å². The molecule has 0 aromatic heterocycles. The first-order valence-electron chi connectivity index (χ1n) is 7.47. The topological polar surface area (TPSA) is 58.6 Å². The van der Waals surface area contributed by atoms with E-state index in [4.69, 9.17) is 4.74 Å². The van der Waals surface area contributed by atoms with Crippen molar-refractivity contribution in [2.75, 3.05) is 26.7 Å². The van der Waals surface area contributed by atoms with E-state index >= 15 is 0 Å². The van der Waals surface area contributed by atoms with Gasteiger partial charge in [0, 0.05) is 19.2 Å². The number of methoxy groups -OCH3 is 1. The number of benzene rings is 2. The molecule has 2 amide bonds. The molecule has 0 bridgehead atoms. The predicted octanol–water partition coefficient (Wildman–Crippen LogP) is 1.82. The molecule has 0 radical (unpaired) electrons. The van der Waals surface area contributed by atoms with Crippen molar-refractivity contribution in [2.24, 2.45) is 0 Å². The van der Waals surface area contributed by atoms with Crippen LogP contribution in [0.15, 0.2) is 42.5 Å². The van der Waals surface area contributed by atoms with E-state index in [1.165, 1.54) is 6.08 Å². The lowest BCUT2D eigenvalue weighted by Crippen LogP contribution is -2.49. The number of carbonyl (C=O) groups is 2. The number of ether oxygens (including phenoxy) is 1. The van der Waals surface area contributed by atoms with E-state index in [1.54, 1.807) is 18.1 Å². The molecule has 0 unspecified atom stereocenters. The number of nitrogens with zero attached hydrogens (tertiary/aromatic N) is 1. The molecule has 23 heavy (non-hydrogen) atoms. The second-order valence-electron chi connectivity index (χ2n) is 5.42. The van der Waals surface area contributed by atoms with Crippen molar-refractivity contribution < 1.29 is 14.3 Å². The number of rotatable bonds is 3. The molecule has 118 valence electrons. The second kappa shape index (κ2) is 6.52. The van der Waals surface area contributed by atoms with Crippen LogP contribution in [-0.4, -0.2) is 43.5 Å². The molecule has 0 atom stereocenters. The number of amides is 2. The Morgan fingerprint density at radius 1 is 1.22 bits per heavy atom. The summed E-state index contributed by atoms with van der Waals surface area (Å²) in [6, 6.07) is 11.8. The van der Waals surface area contributed by atoms with Crippen LogP contribution in [0.25, 0.3) is 16.8 Å². The molecule has 0 spiro atoms. The minimum atomic E-state index is -0.144. The molecule has 1 aliphatic heterocycles. The summed E-state index contributed by atoms with van der Waals surface area (Å²) in [5.74, 6) is 0.562. The van der Waals surface area contributed by atoms with Gasteiger partial charge in [0.15, 0.2) is 0 Å². The van der Waals surface area contributed by atoms with Gasteiger partial charge in [-0.1, -0.05) is 18.2 Å². The van der Waals surface area contributed by atoms with Gasteiger partial charge in [-0.05, 0) is 40.6 Å². The average molecular weight is 310 g/mol. The molecular formula is C18H18N2O3. The monoisotopic (exact) mass is 310 g/mol. The van der Waals surface area contributed by atoms with Crippen LogP contribution in [0.2, 0.25) is 0 Å². The lowest BCUT2D eigenvalue weighted by molar-refractivity contribution is -0.134. The SMILES string of the molecule is COc1ccc2cc(/C=C/C(=O)N3CCNC(=O)C3)ccc2c1.